The van der Waals surface area contributed by atoms with Crippen LogP contribution in [-0.2, 0) is 0 Å². The fourth-order valence-electron chi connectivity index (χ4n) is 1.26. The fourth-order valence-corrected chi connectivity index (χ4v) is 1.26. The lowest BCUT2D eigenvalue weighted by molar-refractivity contribution is 0.219. The lowest BCUT2D eigenvalue weighted by Crippen LogP contribution is -2.10. The Morgan fingerprint density at radius 2 is 1.67 bits per heavy atom. The van der Waals surface area contributed by atoms with E-state index in [4.69, 9.17) is 15.2 Å². The second-order valence-corrected chi connectivity index (χ2v) is 3.84. The molecule has 0 saturated heterocycles. The average molecular weight is 246 g/mol. The second kappa shape index (κ2) is 5.31. The maximum atomic E-state index is 5.57. The predicted molar refractivity (Wildman–Crippen MR) is 66.5 cm³/mol. The maximum absolute atomic E-state index is 5.57. The van der Waals surface area contributed by atoms with E-state index in [1.807, 2.05) is 32.0 Å². The summed E-state index contributed by atoms with van der Waals surface area (Å²) in [5.41, 5.74) is 5.57. The highest BCUT2D eigenvalue weighted by Gasteiger charge is 2.08. The van der Waals surface area contributed by atoms with Crippen LogP contribution in [0.4, 0.5) is 5.95 Å². The Morgan fingerprint density at radius 1 is 1.00 bits per heavy atom. The van der Waals surface area contributed by atoms with Crippen LogP contribution in [0.15, 0.2) is 30.3 Å². The molecule has 2 aromatic rings. The summed E-state index contributed by atoms with van der Waals surface area (Å²) in [6.07, 6.45) is -0.0450. The molecule has 0 atom stereocenters. The van der Waals surface area contributed by atoms with Gasteiger partial charge < -0.3 is 15.2 Å². The third-order valence-corrected chi connectivity index (χ3v) is 1.91. The highest BCUT2D eigenvalue weighted by molar-refractivity contribution is 5.27. The van der Waals surface area contributed by atoms with Crippen molar-refractivity contribution >= 4 is 5.95 Å². The maximum Gasteiger partial charge on any atom is 0.330 e. The Kier molecular flexibility index (Phi) is 3.57. The fraction of sp³-hybridized carbons (Fsp3) is 0.250. The molecule has 1 heterocycles. The molecule has 1 aromatic carbocycles. The summed E-state index contributed by atoms with van der Waals surface area (Å²) >= 11 is 0. The van der Waals surface area contributed by atoms with Gasteiger partial charge in [-0.3, -0.25) is 0 Å². The summed E-state index contributed by atoms with van der Waals surface area (Å²) < 4.78 is 10.8. The van der Waals surface area contributed by atoms with Crippen LogP contribution in [0.1, 0.15) is 13.8 Å². The van der Waals surface area contributed by atoms with Crippen molar-refractivity contribution in [2.45, 2.75) is 20.0 Å². The van der Waals surface area contributed by atoms with E-state index in [0.717, 1.165) is 0 Å². The molecule has 0 radical (unpaired) electrons. The van der Waals surface area contributed by atoms with Crippen molar-refractivity contribution in [1.29, 1.82) is 0 Å². The summed E-state index contributed by atoms with van der Waals surface area (Å²) in [6, 6.07) is 9.46. The van der Waals surface area contributed by atoms with Gasteiger partial charge in [0.05, 0.1) is 6.10 Å². The number of aromatic nitrogens is 3. The molecule has 0 amide bonds. The summed E-state index contributed by atoms with van der Waals surface area (Å²) in [4.78, 5) is 11.8. The molecule has 0 aliphatic heterocycles. The van der Waals surface area contributed by atoms with Crippen molar-refractivity contribution in [3.8, 4) is 17.8 Å². The summed E-state index contributed by atoms with van der Waals surface area (Å²) in [5, 5.41) is 0. The van der Waals surface area contributed by atoms with Gasteiger partial charge in [0.1, 0.15) is 5.75 Å². The zero-order valence-corrected chi connectivity index (χ0v) is 10.2. The Balaban J connectivity index is 2.20. The van der Waals surface area contributed by atoms with Crippen molar-refractivity contribution in [2.75, 3.05) is 5.73 Å². The van der Waals surface area contributed by atoms with Crippen molar-refractivity contribution in [3.63, 3.8) is 0 Å². The first-order valence-corrected chi connectivity index (χ1v) is 5.54. The van der Waals surface area contributed by atoms with Gasteiger partial charge in [-0.25, -0.2) is 0 Å². The third kappa shape index (κ3) is 3.31. The summed E-state index contributed by atoms with van der Waals surface area (Å²) in [7, 11) is 0. The molecular weight excluding hydrogens is 232 g/mol. The summed E-state index contributed by atoms with van der Waals surface area (Å²) in [5.74, 6) is 0.685. The van der Waals surface area contributed by atoms with E-state index >= 15 is 0 Å². The third-order valence-electron chi connectivity index (χ3n) is 1.91. The van der Waals surface area contributed by atoms with E-state index in [9.17, 15) is 0 Å². The first-order valence-electron chi connectivity index (χ1n) is 5.54. The Bertz CT molecular complexity index is 517. The first kappa shape index (κ1) is 12.1. The molecule has 0 aliphatic carbocycles. The van der Waals surface area contributed by atoms with E-state index < -0.39 is 0 Å². The molecule has 0 aliphatic rings. The van der Waals surface area contributed by atoms with Gasteiger partial charge in [0.25, 0.3) is 0 Å². The van der Waals surface area contributed by atoms with Crippen molar-refractivity contribution in [1.82, 2.24) is 15.0 Å². The number of nitrogen functional groups attached to an aromatic ring is 1. The minimum Gasteiger partial charge on any atom is -0.461 e. The molecule has 0 saturated carbocycles. The van der Waals surface area contributed by atoms with Crippen LogP contribution in [-0.4, -0.2) is 21.1 Å². The number of rotatable bonds is 4. The predicted octanol–water partition coefficient (Wildman–Crippen LogP) is 2.03. The molecule has 0 spiro atoms. The van der Waals surface area contributed by atoms with Gasteiger partial charge in [-0.2, -0.15) is 9.97 Å². The van der Waals surface area contributed by atoms with Gasteiger partial charge >= 0.3 is 12.0 Å². The molecule has 2 N–H and O–H groups in total. The molecule has 1 aromatic heterocycles. The number of nitrogens with zero attached hydrogens (tertiary/aromatic N) is 3. The quantitative estimate of drug-likeness (QED) is 0.888. The number of hydrogen-bond acceptors (Lipinski definition) is 6. The molecule has 18 heavy (non-hydrogen) atoms. The minimum absolute atomic E-state index is 0.0450. The molecule has 94 valence electrons. The molecule has 0 unspecified atom stereocenters. The number of anilines is 1. The highest BCUT2D eigenvalue weighted by atomic mass is 16.5. The van der Waals surface area contributed by atoms with Gasteiger partial charge in [-0.15, -0.1) is 4.98 Å². The van der Waals surface area contributed by atoms with E-state index in [2.05, 4.69) is 15.0 Å². The van der Waals surface area contributed by atoms with Gasteiger partial charge in [0.15, 0.2) is 0 Å². The van der Waals surface area contributed by atoms with Crippen LogP contribution in [0.25, 0.3) is 0 Å². The zero-order valence-electron chi connectivity index (χ0n) is 10.2. The van der Waals surface area contributed by atoms with Crippen LogP contribution in [0.2, 0.25) is 0 Å². The van der Waals surface area contributed by atoms with Gasteiger partial charge in [0.2, 0.25) is 5.95 Å². The molecule has 0 bridgehead atoms. The van der Waals surface area contributed by atoms with E-state index in [-0.39, 0.29) is 24.1 Å². The molecular formula is C12H14N4O2. The Hall–Kier alpha value is -2.37. The molecule has 6 nitrogen and oxygen atoms in total. The van der Waals surface area contributed by atoms with Gasteiger partial charge in [-0.05, 0) is 26.0 Å². The molecule has 2 rings (SSSR count). The second-order valence-electron chi connectivity index (χ2n) is 3.84. The number of nitrogens with two attached hydrogens (primary N) is 1. The standard InChI is InChI=1S/C12H14N4O2/c1-8(2)17-11-14-10(13)15-12(16-11)18-9-6-4-3-5-7-9/h3-8H,1-2H3,(H2,13,14,15,16). The SMILES string of the molecule is CC(C)Oc1nc(N)nc(Oc2ccccc2)n1. The zero-order chi connectivity index (χ0) is 13.0. The largest absolute Gasteiger partial charge is 0.461 e. The first-order chi connectivity index (χ1) is 8.63. The van der Waals surface area contributed by atoms with E-state index in [1.54, 1.807) is 12.1 Å². The smallest absolute Gasteiger partial charge is 0.330 e. The van der Waals surface area contributed by atoms with Crippen LogP contribution in [0, 0.1) is 0 Å². The van der Waals surface area contributed by atoms with Gasteiger partial charge in [0, 0.05) is 0 Å². The van der Waals surface area contributed by atoms with Gasteiger partial charge in [-0.1, -0.05) is 18.2 Å². The number of ether oxygens (including phenoxy) is 2. The van der Waals surface area contributed by atoms with E-state index in [0.29, 0.717) is 5.75 Å². The Labute approximate surface area is 105 Å². The normalized spacial score (nSPS) is 10.4. The van der Waals surface area contributed by atoms with Crippen molar-refractivity contribution in [2.24, 2.45) is 0 Å². The van der Waals surface area contributed by atoms with Crippen LogP contribution >= 0.6 is 0 Å². The van der Waals surface area contributed by atoms with E-state index in [1.165, 1.54) is 0 Å². The lowest BCUT2D eigenvalue weighted by Gasteiger charge is -2.09. The Morgan fingerprint density at radius 3 is 2.33 bits per heavy atom. The van der Waals surface area contributed by atoms with Crippen LogP contribution in [0.5, 0.6) is 17.8 Å². The number of para-hydroxylation sites is 1. The van der Waals surface area contributed by atoms with Crippen LogP contribution < -0.4 is 15.2 Å². The minimum atomic E-state index is -0.0450. The lowest BCUT2D eigenvalue weighted by atomic mass is 10.3. The molecule has 6 heteroatoms. The number of benzene rings is 1. The monoisotopic (exact) mass is 246 g/mol. The summed E-state index contributed by atoms with van der Waals surface area (Å²) in [6.45, 7) is 3.75. The highest BCUT2D eigenvalue weighted by Crippen LogP contribution is 2.19. The van der Waals surface area contributed by atoms with Crippen molar-refractivity contribution in [3.05, 3.63) is 30.3 Å². The average Bonchev–Trinajstić information content (AvgIpc) is 2.28. The van der Waals surface area contributed by atoms with Crippen molar-refractivity contribution < 1.29 is 9.47 Å². The topological polar surface area (TPSA) is 83.2 Å². The molecule has 0 fully saturated rings. The van der Waals surface area contributed by atoms with Crippen LogP contribution in [0.3, 0.4) is 0 Å². The number of hydrogen-bond donors (Lipinski definition) is 1.